The molecule has 0 spiro atoms. The molecule has 1 aliphatic heterocycles. The Hall–Kier alpha value is -0.790. The van der Waals surface area contributed by atoms with Crippen molar-refractivity contribution < 1.29 is 9.53 Å². The van der Waals surface area contributed by atoms with Crippen molar-refractivity contribution in [1.29, 1.82) is 0 Å². The molecule has 0 fully saturated rings. The number of rotatable bonds is 0. The fourth-order valence-corrected chi connectivity index (χ4v) is 1.83. The van der Waals surface area contributed by atoms with Crippen LogP contribution in [0, 0.1) is 0 Å². The van der Waals surface area contributed by atoms with Gasteiger partial charge in [-0.15, -0.1) is 0 Å². The van der Waals surface area contributed by atoms with Crippen LogP contribution < -0.4 is 0 Å². The summed E-state index contributed by atoms with van der Waals surface area (Å²) in [7, 11) is 0. The minimum atomic E-state index is -0.174. The van der Waals surface area contributed by atoms with Gasteiger partial charge in [0.2, 0.25) is 0 Å². The molecule has 0 amide bonds. The summed E-state index contributed by atoms with van der Waals surface area (Å²) in [6, 6.07) is 0. The van der Waals surface area contributed by atoms with E-state index in [1.165, 1.54) is 44.9 Å². The van der Waals surface area contributed by atoms with E-state index in [0.29, 0.717) is 6.61 Å². The van der Waals surface area contributed by atoms with Gasteiger partial charge in [-0.1, -0.05) is 44.6 Å². The maximum absolute atomic E-state index is 11.1. The lowest BCUT2D eigenvalue weighted by molar-refractivity contribution is -0.137. The van der Waals surface area contributed by atoms with Gasteiger partial charge in [-0.25, -0.2) is 4.79 Å². The van der Waals surface area contributed by atoms with Crippen LogP contribution in [0.25, 0.3) is 0 Å². The van der Waals surface area contributed by atoms with Gasteiger partial charge in [-0.3, -0.25) is 0 Å². The Morgan fingerprint density at radius 1 is 0.867 bits per heavy atom. The Labute approximate surface area is 92.7 Å². The average molecular weight is 210 g/mol. The largest absolute Gasteiger partial charge is 0.463 e. The number of allylic oxidation sites excluding steroid dienone is 1. The zero-order valence-electron chi connectivity index (χ0n) is 9.54. The van der Waals surface area contributed by atoms with Crippen LogP contribution >= 0.6 is 0 Å². The van der Waals surface area contributed by atoms with Crippen molar-refractivity contribution in [2.45, 2.75) is 57.8 Å². The zero-order chi connectivity index (χ0) is 10.8. The second-order valence-corrected chi connectivity index (χ2v) is 4.19. The fourth-order valence-electron chi connectivity index (χ4n) is 1.83. The molecule has 0 saturated carbocycles. The zero-order valence-corrected chi connectivity index (χ0v) is 9.54. The monoisotopic (exact) mass is 210 g/mol. The third-order valence-electron chi connectivity index (χ3n) is 2.76. The predicted molar refractivity (Wildman–Crippen MR) is 61.7 cm³/mol. The Kier molecular flexibility index (Phi) is 6.97. The van der Waals surface area contributed by atoms with Crippen molar-refractivity contribution in [1.82, 2.24) is 0 Å². The Morgan fingerprint density at radius 3 is 2.20 bits per heavy atom. The molecule has 0 aromatic rings. The van der Waals surface area contributed by atoms with Crippen molar-refractivity contribution in [3.05, 3.63) is 12.2 Å². The first-order valence-corrected chi connectivity index (χ1v) is 6.23. The summed E-state index contributed by atoms with van der Waals surface area (Å²) in [6.07, 6.45) is 14.5. The van der Waals surface area contributed by atoms with E-state index in [4.69, 9.17) is 4.74 Å². The van der Waals surface area contributed by atoms with E-state index in [9.17, 15) is 4.79 Å². The van der Waals surface area contributed by atoms with Gasteiger partial charge < -0.3 is 4.74 Å². The first-order chi connectivity index (χ1) is 7.39. The molecule has 2 nitrogen and oxygen atoms in total. The molecule has 1 aliphatic rings. The van der Waals surface area contributed by atoms with Crippen molar-refractivity contribution >= 4 is 5.97 Å². The van der Waals surface area contributed by atoms with E-state index < -0.39 is 0 Å². The minimum absolute atomic E-state index is 0.174. The van der Waals surface area contributed by atoms with Gasteiger partial charge in [0.25, 0.3) is 0 Å². The van der Waals surface area contributed by atoms with E-state index in [1.807, 2.05) is 6.08 Å². The molecule has 0 aliphatic carbocycles. The van der Waals surface area contributed by atoms with Crippen LogP contribution in [0.2, 0.25) is 0 Å². The van der Waals surface area contributed by atoms with E-state index >= 15 is 0 Å². The van der Waals surface area contributed by atoms with Gasteiger partial charge in [-0.05, 0) is 19.3 Å². The van der Waals surface area contributed by atoms with Gasteiger partial charge in [0.05, 0.1) is 6.61 Å². The SMILES string of the molecule is O=C1/C=C/CCCCCCCCCCO1. The summed E-state index contributed by atoms with van der Waals surface area (Å²) in [4.78, 5) is 11.1. The molecule has 0 aromatic carbocycles. The molecular formula is C13H22O2. The second kappa shape index (κ2) is 8.51. The number of hydrogen-bond acceptors (Lipinski definition) is 2. The maximum atomic E-state index is 11.1. The quantitative estimate of drug-likeness (QED) is 0.571. The normalized spacial score (nSPS) is 23.9. The summed E-state index contributed by atoms with van der Waals surface area (Å²) in [5.74, 6) is -0.174. The number of ether oxygens (including phenoxy) is 1. The second-order valence-electron chi connectivity index (χ2n) is 4.19. The summed E-state index contributed by atoms with van der Waals surface area (Å²) in [5.41, 5.74) is 0. The van der Waals surface area contributed by atoms with Crippen LogP contribution in [0.4, 0.5) is 0 Å². The molecule has 2 heteroatoms. The molecule has 1 heterocycles. The molecule has 1 rings (SSSR count). The van der Waals surface area contributed by atoms with E-state index in [0.717, 1.165) is 12.8 Å². The Bertz CT molecular complexity index is 197. The lowest BCUT2D eigenvalue weighted by Crippen LogP contribution is -2.02. The number of cyclic esters (lactones) is 1. The van der Waals surface area contributed by atoms with Crippen LogP contribution in [0.3, 0.4) is 0 Å². The highest BCUT2D eigenvalue weighted by molar-refractivity contribution is 5.81. The molecule has 0 bridgehead atoms. The summed E-state index contributed by atoms with van der Waals surface area (Å²) < 4.78 is 5.06. The van der Waals surface area contributed by atoms with Gasteiger partial charge in [0.15, 0.2) is 0 Å². The molecule has 0 aromatic heterocycles. The first kappa shape index (κ1) is 12.3. The van der Waals surface area contributed by atoms with Gasteiger partial charge in [0.1, 0.15) is 0 Å². The van der Waals surface area contributed by atoms with Crippen LogP contribution in [-0.4, -0.2) is 12.6 Å². The molecule has 0 atom stereocenters. The third kappa shape index (κ3) is 7.18. The number of hydrogen-bond donors (Lipinski definition) is 0. The number of carbonyl (C=O) groups is 1. The lowest BCUT2D eigenvalue weighted by Gasteiger charge is -2.04. The van der Waals surface area contributed by atoms with Gasteiger partial charge in [-0.2, -0.15) is 0 Å². The highest BCUT2D eigenvalue weighted by Crippen LogP contribution is 2.10. The average Bonchev–Trinajstić information content (AvgIpc) is 2.24. The Morgan fingerprint density at radius 2 is 1.47 bits per heavy atom. The molecule has 0 N–H and O–H groups in total. The van der Waals surface area contributed by atoms with Crippen molar-refractivity contribution in [2.24, 2.45) is 0 Å². The summed E-state index contributed by atoms with van der Waals surface area (Å²) in [6.45, 7) is 0.586. The molecular weight excluding hydrogens is 188 g/mol. The summed E-state index contributed by atoms with van der Waals surface area (Å²) in [5, 5.41) is 0. The van der Waals surface area contributed by atoms with Crippen LogP contribution in [-0.2, 0) is 9.53 Å². The fraction of sp³-hybridized carbons (Fsp3) is 0.769. The molecule has 0 saturated heterocycles. The smallest absolute Gasteiger partial charge is 0.330 e. The maximum Gasteiger partial charge on any atom is 0.330 e. The van der Waals surface area contributed by atoms with E-state index in [1.54, 1.807) is 6.08 Å². The number of esters is 1. The number of carbonyl (C=O) groups excluding carboxylic acids is 1. The molecule has 0 unspecified atom stereocenters. The van der Waals surface area contributed by atoms with E-state index in [2.05, 4.69) is 0 Å². The summed E-state index contributed by atoms with van der Waals surface area (Å²) >= 11 is 0. The molecule has 15 heavy (non-hydrogen) atoms. The van der Waals surface area contributed by atoms with E-state index in [-0.39, 0.29) is 5.97 Å². The van der Waals surface area contributed by atoms with Crippen molar-refractivity contribution in [3.63, 3.8) is 0 Å². The van der Waals surface area contributed by atoms with Crippen LogP contribution in [0.5, 0.6) is 0 Å². The third-order valence-corrected chi connectivity index (χ3v) is 2.76. The lowest BCUT2D eigenvalue weighted by atomic mass is 10.1. The Balaban J connectivity index is 2.22. The molecule has 0 radical (unpaired) electrons. The van der Waals surface area contributed by atoms with Gasteiger partial charge >= 0.3 is 5.97 Å². The van der Waals surface area contributed by atoms with Crippen LogP contribution in [0.15, 0.2) is 12.2 Å². The first-order valence-electron chi connectivity index (χ1n) is 6.23. The molecule has 86 valence electrons. The standard InChI is InChI=1S/C13H22O2/c14-13-11-9-7-5-3-1-2-4-6-8-10-12-15-13/h9,11H,1-8,10,12H2/b11-9+. The highest BCUT2D eigenvalue weighted by atomic mass is 16.5. The van der Waals surface area contributed by atoms with Crippen LogP contribution in [0.1, 0.15) is 57.8 Å². The minimum Gasteiger partial charge on any atom is -0.463 e. The van der Waals surface area contributed by atoms with Crippen molar-refractivity contribution in [3.8, 4) is 0 Å². The predicted octanol–water partition coefficient (Wildman–Crippen LogP) is 3.61. The van der Waals surface area contributed by atoms with Gasteiger partial charge in [0, 0.05) is 6.08 Å². The highest BCUT2D eigenvalue weighted by Gasteiger charge is 1.98. The van der Waals surface area contributed by atoms with Crippen molar-refractivity contribution in [2.75, 3.05) is 6.61 Å². The topological polar surface area (TPSA) is 26.3 Å².